The number of nitrogens with one attached hydrogen (secondary N) is 2. The number of alkyl halides is 1. The highest BCUT2D eigenvalue weighted by molar-refractivity contribution is 6.12. The number of hydrogen-bond acceptors (Lipinski definition) is 16. The van der Waals surface area contributed by atoms with Gasteiger partial charge in [0.1, 0.15) is 60.4 Å². The highest BCUT2D eigenvalue weighted by Gasteiger charge is 2.49. The number of imidazole rings is 1. The molecule has 9 atom stereocenters. The molecule has 0 radical (unpaired) electrons. The molecule has 7 N–H and O–H groups in total. The van der Waals surface area contributed by atoms with Crippen LogP contribution in [0.25, 0.3) is 11.3 Å². The Morgan fingerprint density at radius 1 is 0.867 bits per heavy atom. The summed E-state index contributed by atoms with van der Waals surface area (Å²) < 4.78 is 70.6. The lowest BCUT2D eigenvalue weighted by Gasteiger charge is -2.40. The van der Waals surface area contributed by atoms with Gasteiger partial charge in [-0.1, -0.05) is 42.8 Å². The number of rotatable bonds is 24. The Hall–Kier alpha value is -7.75. The van der Waals surface area contributed by atoms with E-state index >= 15 is 8.78 Å². The van der Waals surface area contributed by atoms with Crippen molar-refractivity contribution in [1.82, 2.24) is 29.6 Å². The van der Waals surface area contributed by atoms with E-state index in [9.17, 15) is 63.5 Å². The number of benzene rings is 3. The summed E-state index contributed by atoms with van der Waals surface area (Å²) in [6.07, 6.45) is -8.18. The van der Waals surface area contributed by atoms with Gasteiger partial charge in [0, 0.05) is 88.6 Å². The summed E-state index contributed by atoms with van der Waals surface area (Å²) in [5.41, 5.74) is 0.846. The van der Waals surface area contributed by atoms with E-state index in [1.807, 2.05) is 30.3 Å². The maximum atomic E-state index is 16.5. The number of carboxylic acid groups (broad SMARTS) is 1. The van der Waals surface area contributed by atoms with Gasteiger partial charge < -0.3 is 69.5 Å². The molecule has 4 aromatic rings. The van der Waals surface area contributed by atoms with E-state index in [4.69, 9.17) is 23.9 Å². The molecule has 0 saturated carbocycles. The number of aliphatic carboxylic acids is 1. The van der Waals surface area contributed by atoms with E-state index in [0.29, 0.717) is 45.3 Å². The summed E-state index contributed by atoms with van der Waals surface area (Å²) in [7, 11) is 0. The topological polar surface area (TPSA) is 309 Å². The van der Waals surface area contributed by atoms with Crippen LogP contribution in [0.5, 0.6) is 5.75 Å². The lowest BCUT2D eigenvalue weighted by atomic mass is 9.88. The number of imide groups is 1. The summed E-state index contributed by atoms with van der Waals surface area (Å²) >= 11 is 0. The monoisotopic (exact) mass is 1160 g/mol. The standard InChI is InChI=1S/C57H66F3N7O16/c1-32(68)54(76)67(48(35-18-22-80-23-19-35)53-63-42(38-25-37(58)12-13-39(38)59)30-64(53)26-33-8-4-2-5-9-33)28-36-27-65(29-40(36)60)57(79)81-31-34-11-14-43(82-56-51(75)49(73)50(74)52(83-56)55(77)78)41(24-34)62-45(70)17-20-61-44(69)10-6-3-7-21-66-46(71)15-16-47(66)72/h2,4-5,8-9,11-16,24-25,30,32,35-36,40,48-52,56,68,73-75H,3,6-7,10,17-23,26-29,31H2,1H3,(H,61,69)(H,62,70)(H,77,78)/t32-,36-,40-,48+,49-,50-,51+,52-,56+/m0/s1. The van der Waals surface area contributed by atoms with E-state index < -0.39 is 115 Å². The Kier molecular flexibility index (Phi) is 20.7. The largest absolute Gasteiger partial charge is 0.479 e. The van der Waals surface area contributed by atoms with Gasteiger partial charge in [0.2, 0.25) is 18.1 Å². The van der Waals surface area contributed by atoms with Crippen molar-refractivity contribution in [3.8, 4) is 17.0 Å². The van der Waals surface area contributed by atoms with Crippen LogP contribution in [0, 0.1) is 23.5 Å². The number of hydrogen-bond donors (Lipinski definition) is 7. The molecule has 0 aliphatic carbocycles. The minimum absolute atomic E-state index is 0.0741. The molecule has 3 fully saturated rings. The number of aromatic nitrogens is 2. The molecule has 23 nitrogen and oxygen atoms in total. The summed E-state index contributed by atoms with van der Waals surface area (Å²) in [6.45, 7) is 0.648. The number of aliphatic hydroxyl groups excluding tert-OH is 4. The highest BCUT2D eigenvalue weighted by Crippen LogP contribution is 2.39. The first-order chi connectivity index (χ1) is 39.8. The van der Waals surface area contributed by atoms with E-state index in [2.05, 4.69) is 10.6 Å². The van der Waals surface area contributed by atoms with Crippen LogP contribution in [0.15, 0.2) is 85.1 Å². The maximum absolute atomic E-state index is 16.5. The number of amides is 6. The first kappa shape index (κ1) is 61.3. The molecule has 1 aromatic heterocycles. The van der Waals surface area contributed by atoms with Crippen LogP contribution < -0.4 is 15.4 Å². The predicted molar refractivity (Wildman–Crippen MR) is 285 cm³/mol. The van der Waals surface area contributed by atoms with E-state index in [1.165, 1.54) is 42.2 Å². The van der Waals surface area contributed by atoms with Crippen LogP contribution in [0.3, 0.4) is 0 Å². The van der Waals surface area contributed by atoms with Gasteiger partial charge in [-0.2, -0.15) is 0 Å². The molecule has 26 heteroatoms. The fraction of sp³-hybridized carbons (Fsp3) is 0.474. The number of halogens is 3. The molecule has 0 unspecified atom stereocenters. The normalized spacial score (nSPS) is 22.5. The van der Waals surface area contributed by atoms with E-state index in [1.54, 1.807) is 10.8 Å². The highest BCUT2D eigenvalue weighted by atomic mass is 19.1. The molecule has 4 aliphatic heterocycles. The van der Waals surface area contributed by atoms with Crippen LogP contribution >= 0.6 is 0 Å². The molecule has 3 aromatic carbocycles. The molecular weight excluding hydrogens is 1100 g/mol. The van der Waals surface area contributed by atoms with Crippen molar-refractivity contribution < 1.29 is 91.2 Å². The number of anilines is 1. The van der Waals surface area contributed by atoms with Crippen molar-refractivity contribution in [2.24, 2.45) is 11.8 Å². The van der Waals surface area contributed by atoms with Crippen LogP contribution in [-0.2, 0) is 56.1 Å². The second-order valence-electron chi connectivity index (χ2n) is 20.8. The van der Waals surface area contributed by atoms with Crippen molar-refractivity contribution in [3.05, 3.63) is 114 Å². The zero-order valence-corrected chi connectivity index (χ0v) is 45.3. The number of carboxylic acids is 1. The van der Waals surface area contributed by atoms with Crippen LogP contribution in [0.4, 0.5) is 23.7 Å². The molecule has 3 saturated heterocycles. The van der Waals surface area contributed by atoms with E-state index in [0.717, 1.165) is 33.6 Å². The minimum Gasteiger partial charge on any atom is -0.479 e. The number of likely N-dealkylation sites (tertiary alicyclic amines) is 1. The SMILES string of the molecule is C[C@H](O)C(=O)N(C[C@@H]1CN(C(=O)OCc2ccc(O[C@@H]3O[C@H](C(=O)O)[C@@H](O)[C@H](O)[C@H]3O)c(NC(=O)CCNC(=O)CCCCCN3C(=O)C=CC3=O)c2)C[C@@H]1F)[C@@H](c1nc(-c2cc(F)ccc2F)cn1Cc1ccccc1)C1CCOCC1. The van der Waals surface area contributed by atoms with Gasteiger partial charge in [-0.25, -0.2) is 27.7 Å². The molecule has 0 bridgehead atoms. The van der Waals surface area contributed by atoms with Crippen molar-refractivity contribution >= 4 is 47.3 Å². The Morgan fingerprint density at radius 2 is 1.60 bits per heavy atom. The van der Waals surface area contributed by atoms with Crippen molar-refractivity contribution in [2.45, 2.75) is 114 Å². The van der Waals surface area contributed by atoms with Crippen molar-refractivity contribution in [2.75, 3.05) is 51.3 Å². The Morgan fingerprint density at radius 3 is 2.31 bits per heavy atom. The molecule has 0 spiro atoms. The fourth-order valence-corrected chi connectivity index (χ4v) is 10.4. The lowest BCUT2D eigenvalue weighted by molar-refractivity contribution is -0.271. The lowest BCUT2D eigenvalue weighted by Crippen LogP contribution is -2.61. The minimum atomic E-state index is -2.03. The first-order valence-electron chi connectivity index (χ1n) is 27.3. The summed E-state index contributed by atoms with van der Waals surface area (Å²) in [5.74, 6) is -7.11. The van der Waals surface area contributed by atoms with Gasteiger partial charge in [0.25, 0.3) is 17.7 Å². The molecule has 446 valence electrons. The zero-order chi connectivity index (χ0) is 59.5. The Bertz CT molecular complexity index is 3000. The fourth-order valence-electron chi connectivity index (χ4n) is 10.4. The number of ether oxygens (including phenoxy) is 4. The number of unbranched alkanes of at least 4 members (excludes halogenated alkanes) is 2. The number of nitrogens with zero attached hydrogens (tertiary/aromatic N) is 5. The number of carbonyl (C=O) groups is 7. The van der Waals surface area contributed by atoms with Crippen molar-refractivity contribution in [1.29, 1.82) is 0 Å². The molecule has 83 heavy (non-hydrogen) atoms. The third kappa shape index (κ3) is 15.5. The van der Waals surface area contributed by atoms with Gasteiger partial charge in [0.05, 0.1) is 24.0 Å². The number of aliphatic hydroxyl groups is 4. The average molecular weight is 1160 g/mol. The van der Waals surface area contributed by atoms with Gasteiger partial charge in [-0.15, -0.1) is 0 Å². The molecular formula is C57H66F3N7O16. The maximum Gasteiger partial charge on any atom is 0.410 e. The Balaban J connectivity index is 0.957. The zero-order valence-electron chi connectivity index (χ0n) is 45.3. The van der Waals surface area contributed by atoms with Gasteiger partial charge in [0.15, 0.2) is 6.10 Å². The number of carbonyl (C=O) groups excluding carboxylic acids is 6. The summed E-state index contributed by atoms with van der Waals surface area (Å²) in [6, 6.07) is 15.2. The average Bonchev–Trinajstić information content (AvgIpc) is 4.30. The summed E-state index contributed by atoms with van der Waals surface area (Å²) in [4.78, 5) is 97.9. The molecule has 5 heterocycles. The van der Waals surface area contributed by atoms with Crippen molar-refractivity contribution in [3.63, 3.8) is 0 Å². The first-order valence-corrected chi connectivity index (χ1v) is 27.3. The quantitative estimate of drug-likeness (QED) is 0.0391. The van der Waals surface area contributed by atoms with E-state index in [-0.39, 0.29) is 91.5 Å². The third-order valence-corrected chi connectivity index (χ3v) is 14.8. The molecule has 6 amide bonds. The van der Waals surface area contributed by atoms with Gasteiger partial charge in [-0.05, 0) is 80.0 Å². The molecule has 4 aliphatic rings. The van der Waals surface area contributed by atoms with Crippen LogP contribution in [0.1, 0.15) is 74.9 Å². The summed E-state index contributed by atoms with van der Waals surface area (Å²) in [5, 5.41) is 57.1. The third-order valence-electron chi connectivity index (χ3n) is 14.8. The molecule has 8 rings (SSSR count). The Labute approximate surface area is 474 Å². The van der Waals surface area contributed by atoms with Crippen LogP contribution in [-0.4, -0.2) is 180 Å². The van der Waals surface area contributed by atoms with Crippen LogP contribution in [0.2, 0.25) is 0 Å². The smallest absolute Gasteiger partial charge is 0.410 e. The second kappa shape index (κ2) is 28.0. The second-order valence-corrected chi connectivity index (χ2v) is 20.8. The van der Waals surface area contributed by atoms with Gasteiger partial charge >= 0.3 is 12.1 Å². The van der Waals surface area contributed by atoms with Gasteiger partial charge in [-0.3, -0.25) is 28.9 Å². The predicted octanol–water partition coefficient (Wildman–Crippen LogP) is 3.36.